The van der Waals surface area contributed by atoms with Crippen molar-refractivity contribution in [2.75, 3.05) is 0 Å². The zero-order valence-electron chi connectivity index (χ0n) is 34.1. The molecular formula is C44H39IrN3OS-2. The minimum atomic E-state index is -2.18. The molecule has 4 nitrogen and oxygen atoms in total. The van der Waals surface area contributed by atoms with Crippen molar-refractivity contribution in [2.24, 2.45) is 0 Å². The Kier molecular flexibility index (Phi) is 8.50. The van der Waals surface area contributed by atoms with Crippen molar-refractivity contribution >= 4 is 32.5 Å². The number of para-hydroxylation sites is 3. The zero-order chi connectivity index (χ0) is 39.1. The average molecular weight is 856 g/mol. The van der Waals surface area contributed by atoms with Gasteiger partial charge in [-0.2, -0.15) is 0 Å². The number of thiophene rings is 1. The Bertz CT molecular complexity index is 2490. The molecule has 0 bridgehead atoms. The van der Waals surface area contributed by atoms with Crippen LogP contribution in [0.1, 0.15) is 70.0 Å². The summed E-state index contributed by atoms with van der Waals surface area (Å²) in [7, 11) is 0. The molecule has 0 saturated heterocycles. The van der Waals surface area contributed by atoms with Crippen LogP contribution in [-0.2, 0) is 20.1 Å². The van der Waals surface area contributed by atoms with Gasteiger partial charge in [0.05, 0.1) is 23.1 Å². The van der Waals surface area contributed by atoms with Crippen LogP contribution in [0.2, 0.25) is 0 Å². The molecule has 0 N–H and O–H groups in total. The summed E-state index contributed by atoms with van der Waals surface area (Å²) in [6.45, 7) is 4.73. The van der Waals surface area contributed by atoms with E-state index < -0.39 is 13.7 Å². The van der Waals surface area contributed by atoms with Crippen LogP contribution in [0.4, 0.5) is 0 Å². The van der Waals surface area contributed by atoms with Gasteiger partial charge in [0, 0.05) is 45.8 Å². The predicted molar refractivity (Wildman–Crippen MR) is 205 cm³/mol. The van der Waals surface area contributed by atoms with Crippen molar-refractivity contribution in [3.05, 3.63) is 149 Å². The van der Waals surface area contributed by atoms with Gasteiger partial charge in [0.2, 0.25) is 0 Å². The van der Waals surface area contributed by atoms with Gasteiger partial charge in [-0.25, -0.2) is 0 Å². The Morgan fingerprint density at radius 1 is 0.820 bits per heavy atom. The van der Waals surface area contributed by atoms with E-state index in [9.17, 15) is 0 Å². The fraction of sp³-hybridized carbons (Fsp3) is 0.182. The number of aromatic nitrogens is 3. The number of pyridine rings is 1. The van der Waals surface area contributed by atoms with Crippen molar-refractivity contribution in [3.8, 4) is 39.7 Å². The maximum Gasteiger partial charge on any atom is 0.133 e. The van der Waals surface area contributed by atoms with E-state index in [2.05, 4.69) is 109 Å². The fourth-order valence-electron chi connectivity index (χ4n) is 6.06. The summed E-state index contributed by atoms with van der Waals surface area (Å²) >= 11 is 1.64. The number of imidazole rings is 1. The molecule has 0 fully saturated rings. The molecule has 0 aliphatic rings. The molecular weight excluding hydrogens is 811 g/mol. The van der Waals surface area contributed by atoms with E-state index in [0.717, 1.165) is 39.1 Å². The third kappa shape index (κ3) is 7.02. The van der Waals surface area contributed by atoms with E-state index in [1.54, 1.807) is 29.7 Å². The van der Waals surface area contributed by atoms with Crippen LogP contribution in [0.25, 0.3) is 60.8 Å². The number of benzene rings is 4. The van der Waals surface area contributed by atoms with Gasteiger partial charge in [0.25, 0.3) is 0 Å². The number of hydrogen-bond acceptors (Lipinski definition) is 4. The first-order chi connectivity index (χ1) is 26.2. The quantitative estimate of drug-likeness (QED) is 0.157. The third-order valence-corrected chi connectivity index (χ3v) is 9.40. The van der Waals surface area contributed by atoms with E-state index in [4.69, 9.17) is 17.6 Å². The van der Waals surface area contributed by atoms with Crippen molar-refractivity contribution in [1.29, 1.82) is 0 Å². The Morgan fingerprint density at radius 3 is 2.26 bits per heavy atom. The second-order valence-electron chi connectivity index (χ2n) is 12.5. The molecule has 0 saturated carbocycles. The standard InChI is InChI=1S/C31H27N2OS.C13H12N.Ir/c1-19(2)22-9-7-10-23(20(3)4)30(22)33-27-12-6-5-11-26(27)32-31(33)25-18-35-29-15-14-21(17-24(25)29)28-13-8-16-34-28;1-10-3-6-12(7-4-10)13-8-5-11(2)9-14-13;/h5-17,19-20H,1-4H3;3-6,8-9H,1-2H3;/q2*-1;/i;1D3,2D3;. The molecule has 4 aromatic carbocycles. The molecule has 0 spiro atoms. The molecule has 0 aliphatic carbocycles. The van der Waals surface area contributed by atoms with Gasteiger partial charge >= 0.3 is 0 Å². The summed E-state index contributed by atoms with van der Waals surface area (Å²) in [4.78, 5) is 9.27. The van der Waals surface area contributed by atoms with E-state index in [1.807, 2.05) is 12.1 Å². The number of nitrogens with zero attached hydrogens (tertiary/aromatic N) is 3. The second-order valence-corrected chi connectivity index (χ2v) is 13.4. The van der Waals surface area contributed by atoms with E-state index in [0.29, 0.717) is 23.1 Å². The van der Waals surface area contributed by atoms with Gasteiger partial charge in [-0.15, -0.1) is 40.8 Å². The van der Waals surface area contributed by atoms with E-state index in [-0.39, 0.29) is 31.2 Å². The van der Waals surface area contributed by atoms with Gasteiger partial charge in [0.15, 0.2) is 0 Å². The van der Waals surface area contributed by atoms with Crippen LogP contribution >= 0.6 is 11.3 Å². The van der Waals surface area contributed by atoms with Gasteiger partial charge in [-0.1, -0.05) is 111 Å². The van der Waals surface area contributed by atoms with Crippen LogP contribution in [0.3, 0.4) is 0 Å². The molecule has 0 unspecified atom stereocenters. The van der Waals surface area contributed by atoms with Crippen LogP contribution in [0, 0.1) is 25.2 Å². The first-order valence-corrected chi connectivity index (χ1v) is 17.1. The zero-order valence-corrected chi connectivity index (χ0v) is 31.3. The molecule has 6 heteroatoms. The number of aryl methyl sites for hydroxylation is 2. The Morgan fingerprint density at radius 2 is 1.60 bits per heavy atom. The number of rotatable bonds is 6. The first kappa shape index (κ1) is 28.1. The second kappa shape index (κ2) is 15.1. The SMILES string of the molecule is CC(C)c1cccc(C(C)C)c1-n1c(-c2[c-]sc3ccc(-c4ccco4)cc23)nc2ccccc21.[2H]C([2H])([2H])c1c[c-]c(-c2ccc(C([2H])([2H])[2H])cn2)cc1.[Ir]. The Labute approximate surface area is 320 Å². The summed E-state index contributed by atoms with van der Waals surface area (Å²) in [5, 5.41) is 4.75. The van der Waals surface area contributed by atoms with Crippen LogP contribution in [0.15, 0.2) is 120 Å². The van der Waals surface area contributed by atoms with Crippen LogP contribution in [-0.4, -0.2) is 14.5 Å². The normalized spacial score (nSPS) is 13.5. The largest absolute Gasteiger partial charge is 0.464 e. The Hall–Kier alpha value is -4.61. The summed E-state index contributed by atoms with van der Waals surface area (Å²) in [6.07, 6.45) is 3.02. The summed E-state index contributed by atoms with van der Waals surface area (Å²) < 4.78 is 52.9. The summed E-state index contributed by atoms with van der Waals surface area (Å²) in [5.74, 6) is 2.56. The van der Waals surface area contributed by atoms with Gasteiger partial charge in [-0.3, -0.25) is 16.3 Å². The molecule has 4 aromatic heterocycles. The monoisotopic (exact) mass is 856 g/mol. The summed E-state index contributed by atoms with van der Waals surface area (Å²) in [6, 6.07) is 36.0. The third-order valence-electron chi connectivity index (χ3n) is 8.52. The topological polar surface area (TPSA) is 43.9 Å². The number of furan rings is 1. The first-order valence-electron chi connectivity index (χ1n) is 19.3. The number of fused-ring (bicyclic) bond motifs is 2. The maximum absolute atomic E-state index is 7.28. The fourth-order valence-corrected chi connectivity index (χ4v) is 6.89. The maximum atomic E-state index is 7.28. The van der Waals surface area contributed by atoms with Gasteiger partial charge < -0.3 is 14.0 Å². The van der Waals surface area contributed by atoms with E-state index in [1.165, 1.54) is 45.9 Å². The molecule has 8 aromatic rings. The van der Waals surface area contributed by atoms with Crippen molar-refractivity contribution in [3.63, 3.8) is 0 Å². The molecule has 1 radical (unpaired) electrons. The molecule has 0 aliphatic heterocycles. The smallest absolute Gasteiger partial charge is 0.133 e. The molecule has 253 valence electrons. The van der Waals surface area contributed by atoms with Crippen molar-refractivity contribution < 1.29 is 32.7 Å². The number of hydrogen-bond donors (Lipinski definition) is 0. The minimum Gasteiger partial charge on any atom is -0.464 e. The van der Waals surface area contributed by atoms with E-state index >= 15 is 0 Å². The molecule has 50 heavy (non-hydrogen) atoms. The molecule has 4 heterocycles. The van der Waals surface area contributed by atoms with Crippen molar-refractivity contribution in [1.82, 2.24) is 14.5 Å². The summed E-state index contributed by atoms with van der Waals surface area (Å²) in [5.41, 5.74) is 9.65. The van der Waals surface area contributed by atoms with Gasteiger partial charge in [-0.05, 0) is 65.3 Å². The molecule has 0 atom stereocenters. The van der Waals surface area contributed by atoms with Crippen LogP contribution < -0.4 is 0 Å². The minimum absolute atomic E-state index is 0. The van der Waals surface area contributed by atoms with Gasteiger partial charge in [0.1, 0.15) is 5.76 Å². The van der Waals surface area contributed by atoms with Crippen molar-refractivity contribution in [2.45, 2.75) is 53.2 Å². The predicted octanol–water partition coefficient (Wildman–Crippen LogP) is 12.4. The Balaban J connectivity index is 0.000000217. The van der Waals surface area contributed by atoms with Crippen LogP contribution in [0.5, 0.6) is 0 Å². The average Bonchev–Trinajstić information content (AvgIpc) is 3.93. The molecule has 8 rings (SSSR count). The molecule has 0 amide bonds.